The molecule has 0 aliphatic carbocycles. The molecule has 0 rings (SSSR count). The van der Waals surface area contributed by atoms with Crippen molar-refractivity contribution in [2.45, 2.75) is 32.0 Å². The minimum absolute atomic E-state index is 0.0412. The number of hydrogen-bond donors (Lipinski definition) is 0. The molecule has 0 N–H and O–H groups in total. The standard InChI is InChI=1S/C5H8F3O/c1-2-4(9)3-5(6,7)8/h4H,2-3H2,1H3. The Morgan fingerprint density at radius 1 is 1.44 bits per heavy atom. The fraction of sp³-hybridized carbons (Fsp3) is 1.00. The molecular weight excluding hydrogens is 133 g/mol. The molecule has 0 spiro atoms. The Bertz CT molecular complexity index is 78.8. The highest BCUT2D eigenvalue weighted by atomic mass is 19.4. The molecule has 55 valence electrons. The Balaban J connectivity index is 3.47. The Kier molecular flexibility index (Phi) is 2.97. The van der Waals surface area contributed by atoms with E-state index in [1.165, 1.54) is 6.92 Å². The fourth-order valence-corrected chi connectivity index (χ4v) is 0.402. The van der Waals surface area contributed by atoms with Crippen molar-refractivity contribution < 1.29 is 18.3 Å². The van der Waals surface area contributed by atoms with Crippen molar-refractivity contribution in [3.05, 3.63) is 0 Å². The minimum Gasteiger partial charge on any atom is -0.233 e. The van der Waals surface area contributed by atoms with E-state index in [1.54, 1.807) is 0 Å². The molecule has 0 aromatic rings. The average molecular weight is 141 g/mol. The van der Waals surface area contributed by atoms with E-state index in [1.807, 2.05) is 0 Å². The minimum atomic E-state index is -4.29. The average Bonchev–Trinajstić information content (AvgIpc) is 1.62. The highest BCUT2D eigenvalue weighted by Gasteiger charge is 2.30. The second-order valence-electron chi connectivity index (χ2n) is 1.85. The third kappa shape index (κ3) is 5.62. The van der Waals surface area contributed by atoms with Crippen molar-refractivity contribution in [2.75, 3.05) is 0 Å². The van der Waals surface area contributed by atoms with Crippen LogP contribution in [-0.2, 0) is 5.11 Å². The van der Waals surface area contributed by atoms with Crippen molar-refractivity contribution in [3.63, 3.8) is 0 Å². The molecule has 4 heteroatoms. The summed E-state index contributed by atoms with van der Waals surface area (Å²) in [5, 5.41) is 10.2. The summed E-state index contributed by atoms with van der Waals surface area (Å²) in [5.74, 6) is 0. The van der Waals surface area contributed by atoms with Gasteiger partial charge in [0.2, 0.25) is 0 Å². The third-order valence-electron chi connectivity index (χ3n) is 0.914. The molecule has 0 amide bonds. The molecule has 1 nitrogen and oxygen atoms in total. The van der Waals surface area contributed by atoms with E-state index in [9.17, 15) is 18.3 Å². The monoisotopic (exact) mass is 141 g/mol. The molecule has 0 aromatic heterocycles. The van der Waals surface area contributed by atoms with Gasteiger partial charge >= 0.3 is 6.18 Å². The molecule has 0 bridgehead atoms. The molecular formula is C5H8F3O. The molecule has 1 unspecified atom stereocenters. The van der Waals surface area contributed by atoms with Crippen LogP contribution >= 0.6 is 0 Å². The Morgan fingerprint density at radius 3 is 2.00 bits per heavy atom. The summed E-state index contributed by atoms with van der Waals surface area (Å²) in [7, 11) is 0. The maximum Gasteiger partial charge on any atom is 0.391 e. The maximum absolute atomic E-state index is 11.3. The first-order chi connectivity index (χ1) is 3.95. The van der Waals surface area contributed by atoms with Gasteiger partial charge in [-0.25, -0.2) is 5.11 Å². The molecule has 0 heterocycles. The van der Waals surface area contributed by atoms with Crippen LogP contribution in [0.1, 0.15) is 19.8 Å². The van der Waals surface area contributed by atoms with E-state index < -0.39 is 18.7 Å². The lowest BCUT2D eigenvalue weighted by molar-refractivity contribution is -0.160. The zero-order valence-corrected chi connectivity index (χ0v) is 5.03. The third-order valence-corrected chi connectivity index (χ3v) is 0.914. The van der Waals surface area contributed by atoms with Gasteiger partial charge in [0.15, 0.2) is 0 Å². The van der Waals surface area contributed by atoms with Gasteiger partial charge in [-0.1, -0.05) is 6.92 Å². The van der Waals surface area contributed by atoms with E-state index in [0.29, 0.717) is 0 Å². The van der Waals surface area contributed by atoms with Gasteiger partial charge in [0, 0.05) is 0 Å². The Hall–Kier alpha value is -0.250. The number of hydrogen-bond acceptors (Lipinski definition) is 0. The maximum atomic E-state index is 11.3. The van der Waals surface area contributed by atoms with Gasteiger partial charge in [0.1, 0.15) is 6.10 Å². The van der Waals surface area contributed by atoms with Gasteiger partial charge in [-0.3, -0.25) is 0 Å². The van der Waals surface area contributed by atoms with Crippen molar-refractivity contribution in [2.24, 2.45) is 0 Å². The molecule has 1 radical (unpaired) electrons. The molecule has 1 atom stereocenters. The van der Waals surface area contributed by atoms with Crippen LogP contribution in [0, 0.1) is 0 Å². The second kappa shape index (κ2) is 3.06. The summed E-state index contributed by atoms with van der Waals surface area (Å²) in [6, 6.07) is 0. The van der Waals surface area contributed by atoms with Gasteiger partial charge in [-0.2, -0.15) is 13.2 Å². The normalized spacial score (nSPS) is 15.7. The predicted octanol–water partition coefficient (Wildman–Crippen LogP) is 2.15. The van der Waals surface area contributed by atoms with Gasteiger partial charge < -0.3 is 0 Å². The Labute approximate surface area is 51.5 Å². The number of halogens is 3. The summed E-state index contributed by atoms with van der Waals surface area (Å²) < 4.78 is 33.9. The van der Waals surface area contributed by atoms with Crippen LogP contribution in [0.15, 0.2) is 0 Å². The molecule has 0 saturated carbocycles. The first-order valence-electron chi connectivity index (χ1n) is 2.68. The van der Waals surface area contributed by atoms with E-state index in [4.69, 9.17) is 0 Å². The second-order valence-corrected chi connectivity index (χ2v) is 1.85. The van der Waals surface area contributed by atoms with Gasteiger partial charge in [0.05, 0.1) is 6.42 Å². The van der Waals surface area contributed by atoms with Crippen molar-refractivity contribution in [1.29, 1.82) is 0 Å². The lowest BCUT2D eigenvalue weighted by atomic mass is 10.2. The summed E-state index contributed by atoms with van der Waals surface area (Å²) in [6.45, 7) is 1.45. The number of alkyl halides is 3. The SMILES string of the molecule is CCC([O])CC(F)(F)F. The van der Waals surface area contributed by atoms with Crippen LogP contribution in [0.5, 0.6) is 0 Å². The van der Waals surface area contributed by atoms with E-state index in [-0.39, 0.29) is 6.42 Å². The van der Waals surface area contributed by atoms with Crippen LogP contribution in [0.3, 0.4) is 0 Å². The van der Waals surface area contributed by atoms with Crippen LogP contribution in [0.25, 0.3) is 0 Å². The smallest absolute Gasteiger partial charge is 0.233 e. The molecule has 0 aliphatic heterocycles. The highest BCUT2D eigenvalue weighted by molar-refractivity contribution is 4.58. The first kappa shape index (κ1) is 8.75. The van der Waals surface area contributed by atoms with E-state index in [2.05, 4.69) is 0 Å². The Morgan fingerprint density at radius 2 is 1.89 bits per heavy atom. The predicted molar refractivity (Wildman–Crippen MR) is 25.4 cm³/mol. The first-order valence-corrected chi connectivity index (χ1v) is 2.68. The lowest BCUT2D eigenvalue weighted by Gasteiger charge is -2.07. The largest absolute Gasteiger partial charge is 0.391 e. The zero-order chi connectivity index (χ0) is 7.49. The molecule has 0 aromatic carbocycles. The van der Waals surface area contributed by atoms with Crippen LogP contribution in [-0.4, -0.2) is 12.3 Å². The molecule has 0 aliphatic rings. The van der Waals surface area contributed by atoms with Crippen molar-refractivity contribution >= 4 is 0 Å². The molecule has 0 saturated heterocycles. The van der Waals surface area contributed by atoms with Crippen molar-refractivity contribution in [3.8, 4) is 0 Å². The summed E-state index contributed by atoms with van der Waals surface area (Å²) in [5.41, 5.74) is 0. The van der Waals surface area contributed by atoms with Gasteiger partial charge in [-0.15, -0.1) is 0 Å². The lowest BCUT2D eigenvalue weighted by Crippen LogP contribution is -2.17. The summed E-state index contributed by atoms with van der Waals surface area (Å²) >= 11 is 0. The van der Waals surface area contributed by atoms with Crippen molar-refractivity contribution in [1.82, 2.24) is 0 Å². The number of rotatable bonds is 2. The van der Waals surface area contributed by atoms with E-state index in [0.717, 1.165) is 0 Å². The summed E-state index contributed by atoms with van der Waals surface area (Å²) in [6.07, 6.45) is -6.93. The zero-order valence-electron chi connectivity index (χ0n) is 5.03. The quantitative estimate of drug-likeness (QED) is 0.561. The molecule has 9 heavy (non-hydrogen) atoms. The highest BCUT2D eigenvalue weighted by Crippen LogP contribution is 2.22. The fourth-order valence-electron chi connectivity index (χ4n) is 0.402. The summed E-state index contributed by atoms with van der Waals surface area (Å²) in [4.78, 5) is 0. The van der Waals surface area contributed by atoms with Gasteiger partial charge in [-0.05, 0) is 6.42 Å². The van der Waals surface area contributed by atoms with Crippen LogP contribution in [0.2, 0.25) is 0 Å². The van der Waals surface area contributed by atoms with Gasteiger partial charge in [0.25, 0.3) is 0 Å². The molecule has 0 fully saturated rings. The van der Waals surface area contributed by atoms with E-state index >= 15 is 0 Å². The van der Waals surface area contributed by atoms with Crippen LogP contribution in [0.4, 0.5) is 13.2 Å². The van der Waals surface area contributed by atoms with Crippen LogP contribution < -0.4 is 0 Å². The topological polar surface area (TPSA) is 19.9 Å².